The van der Waals surface area contributed by atoms with Gasteiger partial charge in [0.15, 0.2) is 0 Å². The molecular formula is C22H21F3N4O2. The van der Waals surface area contributed by atoms with E-state index in [2.05, 4.69) is 10.4 Å². The number of hydrogen-bond acceptors (Lipinski definition) is 5. The number of rotatable bonds is 3. The van der Waals surface area contributed by atoms with Crippen molar-refractivity contribution in [2.24, 2.45) is 0 Å². The molecule has 2 atom stereocenters. The predicted octanol–water partition coefficient (Wildman–Crippen LogP) is 3.93. The van der Waals surface area contributed by atoms with E-state index in [0.29, 0.717) is 23.4 Å². The molecule has 3 aliphatic rings. The van der Waals surface area contributed by atoms with Gasteiger partial charge in [-0.25, -0.2) is 0 Å². The number of carbonyl (C=O) groups excluding carboxylic acids is 1. The van der Waals surface area contributed by atoms with Crippen LogP contribution in [0.1, 0.15) is 30.9 Å². The van der Waals surface area contributed by atoms with Crippen molar-refractivity contribution in [1.29, 1.82) is 0 Å². The van der Waals surface area contributed by atoms with Gasteiger partial charge in [0.05, 0.1) is 23.0 Å². The minimum atomic E-state index is -4.53. The van der Waals surface area contributed by atoms with Gasteiger partial charge in [-0.15, -0.1) is 0 Å². The number of ether oxygens (including phenoxy) is 1. The van der Waals surface area contributed by atoms with Gasteiger partial charge in [-0.3, -0.25) is 14.7 Å². The second-order valence-corrected chi connectivity index (χ2v) is 7.85. The normalized spacial score (nSPS) is 23.8. The van der Waals surface area contributed by atoms with Gasteiger partial charge in [-0.05, 0) is 43.0 Å². The standard InChI is InChI=1S/C22H21F3N4O2/c23-22(24,25)13-28-18-11-14(17-5-1-3-9-26-17)7-8-15(18)20-16(21(28)30)12-27-29(20)19-6-2-4-10-31-19/h1,3,5,7-9,11-12,19-20,27H,2,4,6,10,13H2. The largest absolute Gasteiger partial charge is 0.406 e. The van der Waals surface area contributed by atoms with Crippen molar-refractivity contribution in [2.45, 2.75) is 37.7 Å². The van der Waals surface area contributed by atoms with Crippen LogP contribution in [-0.2, 0) is 9.53 Å². The molecule has 0 bridgehead atoms. The van der Waals surface area contributed by atoms with Crippen molar-refractivity contribution in [3.05, 3.63) is 59.9 Å². The molecule has 5 rings (SSSR count). The Morgan fingerprint density at radius 2 is 2.06 bits per heavy atom. The Kier molecular flexibility index (Phi) is 4.94. The lowest BCUT2D eigenvalue weighted by molar-refractivity contribution is -0.133. The molecule has 4 heterocycles. The van der Waals surface area contributed by atoms with Crippen molar-refractivity contribution in [3.63, 3.8) is 0 Å². The monoisotopic (exact) mass is 430 g/mol. The maximum absolute atomic E-state index is 13.4. The number of benzene rings is 1. The Morgan fingerprint density at radius 1 is 1.19 bits per heavy atom. The van der Waals surface area contributed by atoms with Crippen LogP contribution in [0.15, 0.2) is 54.4 Å². The Morgan fingerprint density at radius 3 is 2.77 bits per heavy atom. The molecule has 162 valence electrons. The number of halogens is 3. The van der Waals surface area contributed by atoms with E-state index in [0.717, 1.165) is 24.2 Å². The van der Waals surface area contributed by atoms with E-state index < -0.39 is 24.7 Å². The van der Waals surface area contributed by atoms with Crippen molar-refractivity contribution in [3.8, 4) is 11.3 Å². The van der Waals surface area contributed by atoms with Crippen molar-refractivity contribution >= 4 is 11.6 Å². The second kappa shape index (κ2) is 7.65. The zero-order valence-corrected chi connectivity index (χ0v) is 16.6. The van der Waals surface area contributed by atoms with Crippen molar-refractivity contribution in [2.75, 3.05) is 18.1 Å². The van der Waals surface area contributed by atoms with Gasteiger partial charge in [0.2, 0.25) is 0 Å². The Bertz CT molecular complexity index is 1020. The molecule has 31 heavy (non-hydrogen) atoms. The molecule has 1 N–H and O–H groups in total. The fourth-order valence-corrected chi connectivity index (χ4v) is 4.44. The molecule has 1 amide bonds. The quantitative estimate of drug-likeness (QED) is 0.800. The van der Waals surface area contributed by atoms with Gasteiger partial charge in [-0.1, -0.05) is 18.2 Å². The summed E-state index contributed by atoms with van der Waals surface area (Å²) in [6, 6.07) is 10.1. The molecule has 2 unspecified atom stereocenters. The molecule has 1 saturated heterocycles. The highest BCUT2D eigenvalue weighted by molar-refractivity contribution is 6.10. The fraction of sp³-hybridized carbons (Fsp3) is 0.364. The average Bonchev–Trinajstić information content (AvgIpc) is 3.22. The SMILES string of the molecule is O=C1C2=CNN(C3CCCCO3)C2c2ccc(-c3ccccn3)cc2N1CC(F)(F)F. The molecule has 9 heteroatoms. The van der Waals surface area contributed by atoms with Gasteiger partial charge >= 0.3 is 6.18 Å². The first-order valence-corrected chi connectivity index (χ1v) is 10.2. The lowest BCUT2D eigenvalue weighted by Gasteiger charge is -2.40. The molecular weight excluding hydrogens is 409 g/mol. The smallest absolute Gasteiger partial charge is 0.361 e. The first-order chi connectivity index (χ1) is 14.9. The van der Waals surface area contributed by atoms with Gasteiger partial charge in [0.25, 0.3) is 5.91 Å². The number of hydrazine groups is 1. The van der Waals surface area contributed by atoms with E-state index in [4.69, 9.17) is 4.74 Å². The average molecular weight is 430 g/mol. The molecule has 1 aromatic heterocycles. The van der Waals surface area contributed by atoms with E-state index in [-0.39, 0.29) is 17.5 Å². The Hall–Kier alpha value is -2.91. The second-order valence-electron chi connectivity index (χ2n) is 7.85. The zero-order chi connectivity index (χ0) is 21.6. The minimum absolute atomic E-state index is 0.247. The van der Waals surface area contributed by atoms with E-state index in [1.54, 1.807) is 30.5 Å². The minimum Gasteiger partial charge on any atom is -0.361 e. The molecule has 6 nitrogen and oxygen atoms in total. The summed E-state index contributed by atoms with van der Waals surface area (Å²) in [6.45, 7) is -0.737. The number of nitrogens with one attached hydrogen (secondary N) is 1. The summed E-state index contributed by atoms with van der Waals surface area (Å²) in [7, 11) is 0. The summed E-state index contributed by atoms with van der Waals surface area (Å²) in [5.74, 6) is -0.654. The molecule has 0 spiro atoms. The zero-order valence-electron chi connectivity index (χ0n) is 16.6. The van der Waals surface area contributed by atoms with Crippen LogP contribution >= 0.6 is 0 Å². The summed E-state index contributed by atoms with van der Waals surface area (Å²) < 4.78 is 46.0. The number of nitrogens with zero attached hydrogens (tertiary/aromatic N) is 3. The summed E-state index contributed by atoms with van der Waals surface area (Å²) in [6.07, 6.45) is 1.09. The molecule has 0 radical (unpaired) electrons. The molecule has 0 aliphatic carbocycles. The molecule has 2 aromatic rings. The number of pyridine rings is 1. The summed E-state index contributed by atoms with van der Waals surface area (Å²) in [4.78, 5) is 18.3. The van der Waals surface area contributed by atoms with Crippen LogP contribution in [0, 0.1) is 0 Å². The highest BCUT2D eigenvalue weighted by Gasteiger charge is 2.47. The van der Waals surface area contributed by atoms with Crippen LogP contribution in [0.5, 0.6) is 0 Å². The number of aromatic nitrogens is 1. The third-order valence-corrected chi connectivity index (χ3v) is 5.81. The lowest BCUT2D eigenvalue weighted by atomic mass is 9.90. The van der Waals surface area contributed by atoms with Crippen molar-refractivity contribution < 1.29 is 22.7 Å². The summed E-state index contributed by atoms with van der Waals surface area (Å²) in [5, 5.41) is 1.84. The first kappa shape index (κ1) is 20.0. The number of carbonyl (C=O) groups is 1. The first-order valence-electron chi connectivity index (χ1n) is 10.2. The van der Waals surface area contributed by atoms with Crippen LogP contribution in [-0.4, -0.2) is 41.5 Å². The summed E-state index contributed by atoms with van der Waals surface area (Å²) in [5.41, 5.74) is 5.52. The lowest BCUT2D eigenvalue weighted by Crippen LogP contribution is -2.49. The Labute approximate surface area is 177 Å². The summed E-state index contributed by atoms with van der Waals surface area (Å²) >= 11 is 0. The molecule has 1 fully saturated rings. The highest BCUT2D eigenvalue weighted by Crippen LogP contribution is 2.46. The van der Waals surface area contributed by atoms with Gasteiger partial charge in [-0.2, -0.15) is 18.2 Å². The predicted molar refractivity (Wildman–Crippen MR) is 107 cm³/mol. The van der Waals surface area contributed by atoms with E-state index in [1.807, 2.05) is 17.1 Å². The number of fused-ring (bicyclic) bond motifs is 3. The number of amides is 1. The molecule has 1 aromatic carbocycles. The van der Waals surface area contributed by atoms with E-state index in [1.165, 1.54) is 6.20 Å². The Balaban J connectivity index is 1.60. The number of hydrogen-bond donors (Lipinski definition) is 1. The van der Waals surface area contributed by atoms with Gasteiger partial charge in [0.1, 0.15) is 12.8 Å². The maximum Gasteiger partial charge on any atom is 0.406 e. The number of alkyl halides is 3. The van der Waals surface area contributed by atoms with Crippen molar-refractivity contribution in [1.82, 2.24) is 15.4 Å². The van der Waals surface area contributed by atoms with Crippen LogP contribution in [0.4, 0.5) is 18.9 Å². The third-order valence-electron chi connectivity index (χ3n) is 5.81. The van der Waals surface area contributed by atoms with E-state index >= 15 is 0 Å². The molecule has 0 saturated carbocycles. The molecule has 3 aliphatic heterocycles. The maximum atomic E-state index is 13.4. The van der Waals surface area contributed by atoms with Crippen LogP contribution < -0.4 is 10.3 Å². The third kappa shape index (κ3) is 3.68. The number of anilines is 1. The van der Waals surface area contributed by atoms with Gasteiger partial charge < -0.3 is 10.2 Å². The fourth-order valence-electron chi connectivity index (χ4n) is 4.44. The topological polar surface area (TPSA) is 57.7 Å². The van der Waals surface area contributed by atoms with Crippen LogP contribution in [0.3, 0.4) is 0 Å². The highest BCUT2D eigenvalue weighted by atomic mass is 19.4. The van der Waals surface area contributed by atoms with Crippen LogP contribution in [0.25, 0.3) is 11.3 Å². The van der Waals surface area contributed by atoms with Gasteiger partial charge in [0, 0.05) is 24.6 Å². The van der Waals surface area contributed by atoms with E-state index in [9.17, 15) is 18.0 Å². The van der Waals surface area contributed by atoms with Crippen LogP contribution in [0.2, 0.25) is 0 Å².